The number of carboxylic acids is 1. The van der Waals surface area contributed by atoms with Gasteiger partial charge in [0.05, 0.1) is 19.7 Å². The average Bonchev–Trinajstić information content (AvgIpc) is 2.85. The summed E-state index contributed by atoms with van der Waals surface area (Å²) in [5, 5.41) is 9.74. The molecule has 0 fully saturated rings. The summed E-state index contributed by atoms with van der Waals surface area (Å²) in [6.45, 7) is 2.36. The molecule has 180 valence electrons. The van der Waals surface area contributed by atoms with Crippen LogP contribution in [-0.2, 0) is 13.0 Å². The van der Waals surface area contributed by atoms with Crippen LogP contribution in [0, 0.1) is 0 Å². The number of carboxylic acid groups (broad SMARTS) is 1. The van der Waals surface area contributed by atoms with Crippen molar-refractivity contribution in [2.45, 2.75) is 19.9 Å². The number of anilines is 2. The number of fused-ring (bicyclic) bond motifs is 1. The number of carbonyl (C=O) groups is 1. The molecule has 4 aromatic rings. The van der Waals surface area contributed by atoms with E-state index in [1.807, 2.05) is 25.1 Å². The second-order valence-corrected chi connectivity index (χ2v) is 7.89. The summed E-state index contributed by atoms with van der Waals surface area (Å²) in [5.41, 5.74) is 14.5. The lowest BCUT2D eigenvalue weighted by molar-refractivity contribution is 0.0695. The van der Waals surface area contributed by atoms with Crippen molar-refractivity contribution in [3.8, 4) is 22.6 Å². The number of nitrogen functional groups attached to an aromatic ring is 2. The van der Waals surface area contributed by atoms with E-state index in [1.54, 1.807) is 37.1 Å². The molecule has 2 aromatic heterocycles. The molecule has 2 aromatic carbocycles. The second-order valence-electron chi connectivity index (χ2n) is 7.89. The molecular weight excluding hydrogens is 450 g/mol. The molecule has 0 saturated carbocycles. The summed E-state index contributed by atoms with van der Waals surface area (Å²) >= 11 is 0. The normalized spacial score (nSPS) is 10.9. The summed E-state index contributed by atoms with van der Waals surface area (Å²) in [4.78, 5) is 32.3. The Hall–Kier alpha value is -4.60. The zero-order valence-corrected chi connectivity index (χ0v) is 19.5. The molecule has 0 aliphatic heterocycles. The molecular formula is C25H25N5O5. The first-order valence-electron chi connectivity index (χ1n) is 10.8. The van der Waals surface area contributed by atoms with Crippen LogP contribution in [0.5, 0.6) is 11.5 Å². The fourth-order valence-corrected chi connectivity index (χ4v) is 4.10. The van der Waals surface area contributed by atoms with Crippen LogP contribution < -0.4 is 26.4 Å². The first kappa shape index (κ1) is 23.6. The predicted octanol–water partition coefficient (Wildman–Crippen LogP) is 2.95. The average molecular weight is 476 g/mol. The quantitative estimate of drug-likeness (QED) is 0.366. The minimum absolute atomic E-state index is 0.100. The highest BCUT2D eigenvalue weighted by Gasteiger charge is 2.18. The third-order valence-electron chi connectivity index (χ3n) is 5.81. The number of nitrogens with two attached hydrogens (primary N) is 2. The lowest BCUT2D eigenvalue weighted by atomic mass is 9.96. The molecule has 0 spiro atoms. The van der Waals surface area contributed by atoms with Gasteiger partial charge in [-0.1, -0.05) is 6.07 Å². The van der Waals surface area contributed by atoms with Crippen molar-refractivity contribution in [1.82, 2.24) is 14.5 Å². The molecule has 0 saturated heterocycles. The summed E-state index contributed by atoms with van der Waals surface area (Å²) in [6, 6.07) is 9.03. The van der Waals surface area contributed by atoms with Gasteiger partial charge in [-0.05, 0) is 42.3 Å². The van der Waals surface area contributed by atoms with Gasteiger partial charge in [0.15, 0.2) is 11.5 Å². The smallest absolute Gasteiger partial charge is 0.341 e. The van der Waals surface area contributed by atoms with Gasteiger partial charge in [-0.15, -0.1) is 0 Å². The SMILES string of the molecule is CCn1cc(C(=O)O)c(=O)c2ccc(-c3cc(Cc4cnc(N)nc4N)cc(OC)c3OC)cc21. The summed E-state index contributed by atoms with van der Waals surface area (Å²) in [5.74, 6) is 0.172. The Labute approximate surface area is 200 Å². The summed E-state index contributed by atoms with van der Waals surface area (Å²) < 4.78 is 13.0. The number of nitrogens with zero attached hydrogens (tertiary/aromatic N) is 3. The molecule has 0 amide bonds. The van der Waals surface area contributed by atoms with Gasteiger partial charge >= 0.3 is 5.97 Å². The Morgan fingerprint density at radius 2 is 1.91 bits per heavy atom. The Morgan fingerprint density at radius 1 is 1.14 bits per heavy atom. The van der Waals surface area contributed by atoms with Crippen LogP contribution in [0.3, 0.4) is 0 Å². The van der Waals surface area contributed by atoms with Gasteiger partial charge in [-0.2, -0.15) is 4.98 Å². The summed E-state index contributed by atoms with van der Waals surface area (Å²) in [6.07, 6.45) is 3.38. The predicted molar refractivity (Wildman–Crippen MR) is 133 cm³/mol. The maximum atomic E-state index is 12.8. The van der Waals surface area contributed by atoms with Crippen LogP contribution in [-0.4, -0.2) is 39.8 Å². The van der Waals surface area contributed by atoms with Gasteiger partial charge < -0.3 is 30.6 Å². The highest BCUT2D eigenvalue weighted by atomic mass is 16.5. The Balaban J connectivity index is 1.91. The van der Waals surface area contributed by atoms with Crippen LogP contribution in [0.15, 0.2) is 47.5 Å². The highest BCUT2D eigenvalue weighted by Crippen LogP contribution is 2.40. The first-order valence-corrected chi connectivity index (χ1v) is 10.8. The molecule has 35 heavy (non-hydrogen) atoms. The van der Waals surface area contributed by atoms with E-state index in [0.717, 1.165) is 16.7 Å². The van der Waals surface area contributed by atoms with Crippen molar-refractivity contribution < 1.29 is 19.4 Å². The zero-order valence-electron chi connectivity index (χ0n) is 19.5. The molecule has 10 heteroatoms. The van der Waals surface area contributed by atoms with Gasteiger partial charge in [0.2, 0.25) is 11.4 Å². The largest absolute Gasteiger partial charge is 0.493 e. The first-order chi connectivity index (χ1) is 16.8. The fraction of sp³-hybridized carbons (Fsp3) is 0.200. The van der Waals surface area contributed by atoms with E-state index in [9.17, 15) is 14.7 Å². The van der Waals surface area contributed by atoms with Gasteiger partial charge in [-0.3, -0.25) is 4.79 Å². The van der Waals surface area contributed by atoms with Crippen molar-refractivity contribution in [1.29, 1.82) is 0 Å². The number of aromatic carboxylic acids is 1. The molecule has 10 nitrogen and oxygen atoms in total. The molecule has 0 aliphatic carbocycles. The third kappa shape index (κ3) is 4.33. The number of pyridine rings is 1. The van der Waals surface area contributed by atoms with Gasteiger partial charge in [0.25, 0.3) is 0 Å². The monoisotopic (exact) mass is 475 g/mol. The number of rotatable bonds is 7. The number of benzene rings is 2. The molecule has 4 rings (SSSR count). The minimum atomic E-state index is -1.26. The summed E-state index contributed by atoms with van der Waals surface area (Å²) in [7, 11) is 3.10. The van der Waals surface area contributed by atoms with E-state index >= 15 is 0 Å². The Bertz CT molecular complexity index is 1510. The zero-order chi connectivity index (χ0) is 25.3. The van der Waals surface area contributed by atoms with E-state index in [4.69, 9.17) is 20.9 Å². The third-order valence-corrected chi connectivity index (χ3v) is 5.81. The number of aromatic nitrogens is 3. The lowest BCUT2D eigenvalue weighted by Gasteiger charge is -2.17. The van der Waals surface area contributed by atoms with E-state index in [-0.39, 0.29) is 11.5 Å². The van der Waals surface area contributed by atoms with E-state index in [2.05, 4.69) is 9.97 Å². The van der Waals surface area contributed by atoms with E-state index < -0.39 is 11.4 Å². The number of aryl methyl sites for hydroxylation is 1. The van der Waals surface area contributed by atoms with Crippen LogP contribution in [0.2, 0.25) is 0 Å². The van der Waals surface area contributed by atoms with Crippen molar-refractivity contribution in [2.24, 2.45) is 0 Å². The molecule has 5 N–H and O–H groups in total. The lowest BCUT2D eigenvalue weighted by Crippen LogP contribution is -2.18. The Kier molecular flexibility index (Phi) is 6.28. The van der Waals surface area contributed by atoms with Gasteiger partial charge in [0.1, 0.15) is 11.4 Å². The number of ether oxygens (including phenoxy) is 2. The second kappa shape index (κ2) is 9.34. The maximum Gasteiger partial charge on any atom is 0.341 e. The molecule has 0 bridgehead atoms. The standard InChI is InChI=1S/C25H25N5O5/c1-4-30-12-18(24(32)33)21(31)16-6-5-14(10-19(16)30)17-8-13(9-20(34-2)22(17)35-3)7-15-11-28-25(27)29-23(15)26/h5-6,8-12H,4,7H2,1-3H3,(H,32,33)(H4,26,27,28,29). The minimum Gasteiger partial charge on any atom is -0.493 e. The number of hydrogen-bond acceptors (Lipinski definition) is 8. The highest BCUT2D eigenvalue weighted by molar-refractivity contribution is 5.94. The molecule has 2 heterocycles. The fourth-order valence-electron chi connectivity index (χ4n) is 4.10. The number of methoxy groups -OCH3 is 2. The van der Waals surface area contributed by atoms with E-state index in [1.165, 1.54) is 6.20 Å². The molecule has 0 aliphatic rings. The topological polar surface area (TPSA) is 156 Å². The van der Waals surface area contributed by atoms with Crippen molar-refractivity contribution >= 4 is 28.6 Å². The molecule has 0 radical (unpaired) electrons. The van der Waals surface area contributed by atoms with Crippen LogP contribution in [0.25, 0.3) is 22.0 Å². The molecule has 0 atom stereocenters. The van der Waals surface area contributed by atoms with Crippen LogP contribution >= 0.6 is 0 Å². The molecule has 0 unspecified atom stereocenters. The maximum absolute atomic E-state index is 12.8. The van der Waals surface area contributed by atoms with Crippen LogP contribution in [0.4, 0.5) is 11.8 Å². The van der Waals surface area contributed by atoms with Crippen molar-refractivity contribution in [2.75, 3.05) is 25.7 Å². The van der Waals surface area contributed by atoms with Crippen molar-refractivity contribution in [3.05, 3.63) is 69.6 Å². The Morgan fingerprint density at radius 3 is 2.54 bits per heavy atom. The van der Waals surface area contributed by atoms with Crippen molar-refractivity contribution in [3.63, 3.8) is 0 Å². The van der Waals surface area contributed by atoms with Crippen LogP contribution in [0.1, 0.15) is 28.4 Å². The number of hydrogen-bond donors (Lipinski definition) is 3. The van der Waals surface area contributed by atoms with E-state index in [0.29, 0.717) is 46.7 Å². The van der Waals surface area contributed by atoms with Gasteiger partial charge in [-0.25, -0.2) is 9.78 Å². The van der Waals surface area contributed by atoms with Gasteiger partial charge in [0, 0.05) is 41.9 Å².